The zero-order chi connectivity index (χ0) is 16.2. The highest BCUT2D eigenvalue weighted by Gasteiger charge is 2.26. The van der Waals surface area contributed by atoms with Crippen LogP contribution in [0.3, 0.4) is 0 Å². The standard InChI is InChI=1S/C18H26FN3O/c1-14(18(23)20-13-15-3-2-4-15)21-9-11-22(12-10-21)17-7-5-16(19)6-8-17/h5-8,14-15H,2-4,9-13H2,1H3,(H,20,23). The van der Waals surface area contributed by atoms with Crippen molar-refractivity contribution in [3.63, 3.8) is 0 Å². The maximum Gasteiger partial charge on any atom is 0.237 e. The number of piperazine rings is 1. The second-order valence-electron chi connectivity index (χ2n) is 6.72. The number of hydrogen-bond donors (Lipinski definition) is 1. The molecule has 5 heteroatoms. The Labute approximate surface area is 137 Å². The lowest BCUT2D eigenvalue weighted by Gasteiger charge is -2.38. The van der Waals surface area contributed by atoms with E-state index in [1.807, 2.05) is 19.1 Å². The van der Waals surface area contributed by atoms with Gasteiger partial charge in [0.1, 0.15) is 5.82 Å². The van der Waals surface area contributed by atoms with Crippen molar-refractivity contribution in [2.75, 3.05) is 37.6 Å². The molecule has 1 saturated heterocycles. The van der Waals surface area contributed by atoms with E-state index in [1.54, 1.807) is 0 Å². The summed E-state index contributed by atoms with van der Waals surface area (Å²) in [5.41, 5.74) is 1.05. The predicted molar refractivity (Wildman–Crippen MR) is 90.0 cm³/mol. The zero-order valence-electron chi connectivity index (χ0n) is 13.8. The third-order valence-electron chi connectivity index (χ3n) is 5.22. The molecule has 1 unspecified atom stereocenters. The molecule has 23 heavy (non-hydrogen) atoms. The third kappa shape index (κ3) is 4.02. The number of benzene rings is 1. The highest BCUT2D eigenvalue weighted by atomic mass is 19.1. The van der Waals surface area contributed by atoms with Crippen molar-refractivity contribution in [2.45, 2.75) is 32.2 Å². The van der Waals surface area contributed by atoms with E-state index >= 15 is 0 Å². The number of carbonyl (C=O) groups is 1. The summed E-state index contributed by atoms with van der Waals surface area (Å²) in [6.07, 6.45) is 3.82. The van der Waals surface area contributed by atoms with Gasteiger partial charge >= 0.3 is 0 Å². The molecule has 1 aromatic rings. The number of anilines is 1. The predicted octanol–water partition coefficient (Wildman–Crippen LogP) is 2.25. The number of nitrogens with one attached hydrogen (secondary N) is 1. The van der Waals surface area contributed by atoms with Crippen LogP contribution in [0.1, 0.15) is 26.2 Å². The summed E-state index contributed by atoms with van der Waals surface area (Å²) in [5, 5.41) is 3.09. The van der Waals surface area contributed by atoms with Crippen molar-refractivity contribution in [3.05, 3.63) is 30.1 Å². The Morgan fingerprint density at radius 3 is 2.43 bits per heavy atom. The summed E-state index contributed by atoms with van der Waals surface area (Å²) >= 11 is 0. The van der Waals surface area contributed by atoms with Crippen molar-refractivity contribution in [1.29, 1.82) is 0 Å². The quantitative estimate of drug-likeness (QED) is 0.904. The van der Waals surface area contributed by atoms with E-state index in [1.165, 1.54) is 31.4 Å². The summed E-state index contributed by atoms with van der Waals surface area (Å²) < 4.78 is 13.0. The Hall–Kier alpha value is -1.62. The lowest BCUT2D eigenvalue weighted by Crippen LogP contribution is -2.54. The number of hydrogen-bond acceptors (Lipinski definition) is 3. The zero-order valence-corrected chi connectivity index (χ0v) is 13.8. The number of amides is 1. The monoisotopic (exact) mass is 319 g/mol. The average Bonchev–Trinajstić information content (AvgIpc) is 2.53. The summed E-state index contributed by atoms with van der Waals surface area (Å²) in [7, 11) is 0. The third-order valence-corrected chi connectivity index (χ3v) is 5.22. The van der Waals surface area contributed by atoms with Gasteiger partial charge in [-0.1, -0.05) is 6.42 Å². The molecule has 2 aliphatic rings. The minimum Gasteiger partial charge on any atom is -0.369 e. The number of rotatable bonds is 5. The minimum absolute atomic E-state index is 0.0783. The molecule has 0 bridgehead atoms. The molecule has 1 heterocycles. The number of halogens is 1. The smallest absolute Gasteiger partial charge is 0.237 e. The van der Waals surface area contributed by atoms with Gasteiger partial charge in [-0.2, -0.15) is 0 Å². The molecule has 1 saturated carbocycles. The fourth-order valence-corrected chi connectivity index (χ4v) is 3.27. The molecule has 1 N–H and O–H groups in total. The fraction of sp³-hybridized carbons (Fsp3) is 0.611. The van der Waals surface area contributed by atoms with E-state index in [2.05, 4.69) is 15.1 Å². The molecule has 1 aliphatic heterocycles. The van der Waals surface area contributed by atoms with E-state index < -0.39 is 0 Å². The van der Waals surface area contributed by atoms with Crippen LogP contribution in [0.2, 0.25) is 0 Å². The first-order chi connectivity index (χ1) is 11.1. The van der Waals surface area contributed by atoms with E-state index in [0.717, 1.165) is 38.4 Å². The molecule has 0 radical (unpaired) electrons. The molecule has 1 atom stereocenters. The van der Waals surface area contributed by atoms with Gasteiger partial charge in [0, 0.05) is 38.4 Å². The molecule has 1 aromatic carbocycles. The molecule has 3 rings (SSSR count). The Bertz CT molecular complexity index is 522. The second kappa shape index (κ2) is 7.30. The Morgan fingerprint density at radius 2 is 1.87 bits per heavy atom. The molecule has 0 spiro atoms. The lowest BCUT2D eigenvalue weighted by molar-refractivity contribution is -0.126. The highest BCUT2D eigenvalue weighted by molar-refractivity contribution is 5.81. The number of carbonyl (C=O) groups excluding carboxylic acids is 1. The summed E-state index contributed by atoms with van der Waals surface area (Å²) in [5.74, 6) is 0.637. The second-order valence-corrected chi connectivity index (χ2v) is 6.72. The first-order valence-corrected chi connectivity index (χ1v) is 8.66. The van der Waals surface area contributed by atoms with E-state index in [4.69, 9.17) is 0 Å². The first-order valence-electron chi connectivity index (χ1n) is 8.66. The van der Waals surface area contributed by atoms with Crippen LogP contribution >= 0.6 is 0 Å². The maximum atomic E-state index is 13.0. The Morgan fingerprint density at radius 1 is 1.22 bits per heavy atom. The summed E-state index contributed by atoms with van der Waals surface area (Å²) in [4.78, 5) is 16.7. The molecule has 4 nitrogen and oxygen atoms in total. The van der Waals surface area contributed by atoms with Gasteiger partial charge in [0.05, 0.1) is 6.04 Å². The fourth-order valence-electron chi connectivity index (χ4n) is 3.27. The van der Waals surface area contributed by atoms with Gasteiger partial charge < -0.3 is 10.2 Å². The normalized spacial score (nSPS) is 20.9. The molecule has 1 amide bonds. The molecular formula is C18H26FN3O. The van der Waals surface area contributed by atoms with Crippen LogP contribution in [0.5, 0.6) is 0 Å². The van der Waals surface area contributed by atoms with Crippen LogP contribution in [0, 0.1) is 11.7 Å². The van der Waals surface area contributed by atoms with Crippen LogP contribution in [0.4, 0.5) is 10.1 Å². The van der Waals surface area contributed by atoms with Crippen LogP contribution in [-0.2, 0) is 4.79 Å². The molecule has 126 valence electrons. The van der Waals surface area contributed by atoms with E-state index in [9.17, 15) is 9.18 Å². The first kappa shape index (κ1) is 16.2. The van der Waals surface area contributed by atoms with Gasteiger partial charge in [-0.3, -0.25) is 9.69 Å². The van der Waals surface area contributed by atoms with Crippen LogP contribution in [-0.4, -0.2) is 49.6 Å². The van der Waals surface area contributed by atoms with Crippen LogP contribution < -0.4 is 10.2 Å². The maximum absolute atomic E-state index is 13.0. The summed E-state index contributed by atoms with van der Waals surface area (Å²) in [6.45, 7) is 6.27. The summed E-state index contributed by atoms with van der Waals surface area (Å²) in [6, 6.07) is 6.56. The Kier molecular flexibility index (Phi) is 5.16. The van der Waals surface area contributed by atoms with Crippen molar-refractivity contribution in [1.82, 2.24) is 10.2 Å². The largest absolute Gasteiger partial charge is 0.369 e. The van der Waals surface area contributed by atoms with Crippen molar-refractivity contribution in [2.24, 2.45) is 5.92 Å². The molecule has 0 aromatic heterocycles. The van der Waals surface area contributed by atoms with Crippen molar-refractivity contribution in [3.8, 4) is 0 Å². The van der Waals surface area contributed by atoms with E-state index in [-0.39, 0.29) is 17.8 Å². The van der Waals surface area contributed by atoms with Gasteiger partial charge in [0.15, 0.2) is 0 Å². The van der Waals surface area contributed by atoms with E-state index in [0.29, 0.717) is 5.92 Å². The van der Waals surface area contributed by atoms with Crippen LogP contribution in [0.15, 0.2) is 24.3 Å². The minimum atomic E-state index is -0.204. The van der Waals surface area contributed by atoms with Gasteiger partial charge in [-0.15, -0.1) is 0 Å². The number of nitrogens with zero attached hydrogens (tertiary/aromatic N) is 2. The molecule has 1 aliphatic carbocycles. The van der Waals surface area contributed by atoms with Crippen molar-refractivity contribution >= 4 is 11.6 Å². The topological polar surface area (TPSA) is 35.6 Å². The van der Waals surface area contributed by atoms with Crippen LogP contribution in [0.25, 0.3) is 0 Å². The molecular weight excluding hydrogens is 293 g/mol. The average molecular weight is 319 g/mol. The van der Waals surface area contributed by atoms with Gasteiger partial charge in [0.2, 0.25) is 5.91 Å². The van der Waals surface area contributed by atoms with Gasteiger partial charge in [-0.05, 0) is 49.9 Å². The SMILES string of the molecule is CC(C(=O)NCC1CCC1)N1CCN(c2ccc(F)cc2)CC1. The van der Waals surface area contributed by atoms with Crippen molar-refractivity contribution < 1.29 is 9.18 Å². The lowest BCUT2D eigenvalue weighted by atomic mass is 9.85. The van der Waals surface area contributed by atoms with Gasteiger partial charge in [-0.25, -0.2) is 4.39 Å². The Balaban J connectivity index is 1.45. The van der Waals surface area contributed by atoms with Gasteiger partial charge in [0.25, 0.3) is 0 Å². The highest BCUT2D eigenvalue weighted by Crippen LogP contribution is 2.25. The molecule has 2 fully saturated rings.